The number of nitrogens with one attached hydrogen (secondary N) is 1. The molecule has 0 amide bonds. The lowest BCUT2D eigenvalue weighted by Gasteiger charge is -2.29. The first-order valence-corrected chi connectivity index (χ1v) is 7.06. The average molecular weight is 272 g/mol. The summed E-state index contributed by atoms with van der Waals surface area (Å²) in [5.41, 5.74) is 1.23. The maximum absolute atomic E-state index is 6.22. The topological polar surface area (TPSA) is 12.0 Å². The molecule has 0 heterocycles. The van der Waals surface area contributed by atoms with Crippen LogP contribution >= 0.6 is 23.2 Å². The molecule has 1 saturated carbocycles. The molecule has 3 heteroatoms. The molecule has 0 spiro atoms. The highest BCUT2D eigenvalue weighted by Gasteiger charge is 2.21. The molecule has 1 nitrogen and oxygen atoms in total. The smallest absolute Gasteiger partial charge is 0.0452 e. The largest absolute Gasteiger partial charge is 0.317 e. The lowest BCUT2D eigenvalue weighted by Crippen LogP contribution is -2.31. The van der Waals surface area contributed by atoms with Gasteiger partial charge >= 0.3 is 0 Å². The standard InChI is InChI=1S/C14H19Cl2N/c1-17-13-4-2-3-10(8-13)7-11-5-6-12(15)9-14(11)16/h5-6,9-10,13,17H,2-4,7-8H2,1H3. The van der Waals surface area contributed by atoms with Crippen LogP contribution in [0.5, 0.6) is 0 Å². The Kier molecular flexibility index (Phi) is 4.72. The summed E-state index contributed by atoms with van der Waals surface area (Å²) in [7, 11) is 2.06. The van der Waals surface area contributed by atoms with Crippen LogP contribution in [0, 0.1) is 5.92 Å². The normalized spacial score (nSPS) is 24.9. The minimum Gasteiger partial charge on any atom is -0.317 e. The van der Waals surface area contributed by atoms with Crippen LogP contribution in [0.3, 0.4) is 0 Å². The van der Waals surface area contributed by atoms with Crippen molar-refractivity contribution >= 4 is 23.2 Å². The number of benzene rings is 1. The zero-order chi connectivity index (χ0) is 12.3. The van der Waals surface area contributed by atoms with Crippen LogP contribution in [0.4, 0.5) is 0 Å². The third-order valence-electron chi connectivity index (χ3n) is 3.71. The highest BCUT2D eigenvalue weighted by molar-refractivity contribution is 6.35. The molecule has 0 saturated heterocycles. The van der Waals surface area contributed by atoms with Crippen LogP contribution < -0.4 is 5.32 Å². The Morgan fingerprint density at radius 3 is 2.82 bits per heavy atom. The quantitative estimate of drug-likeness (QED) is 0.864. The van der Waals surface area contributed by atoms with E-state index in [0.717, 1.165) is 22.4 Å². The van der Waals surface area contributed by atoms with Gasteiger partial charge in [0, 0.05) is 16.1 Å². The van der Waals surface area contributed by atoms with Gasteiger partial charge in [0.1, 0.15) is 0 Å². The second-order valence-corrected chi connectivity index (χ2v) is 5.80. The van der Waals surface area contributed by atoms with Crippen LogP contribution in [-0.4, -0.2) is 13.1 Å². The van der Waals surface area contributed by atoms with Gasteiger partial charge in [-0.1, -0.05) is 42.1 Å². The minimum absolute atomic E-state index is 0.680. The number of hydrogen-bond acceptors (Lipinski definition) is 1. The SMILES string of the molecule is CNC1CCCC(Cc2ccc(Cl)cc2Cl)C1. The molecule has 0 aliphatic heterocycles. The first-order chi connectivity index (χ1) is 8.19. The van der Waals surface area contributed by atoms with Gasteiger partial charge in [-0.15, -0.1) is 0 Å². The van der Waals surface area contributed by atoms with Crippen LogP contribution in [0.25, 0.3) is 0 Å². The van der Waals surface area contributed by atoms with Crippen molar-refractivity contribution in [1.82, 2.24) is 5.32 Å². The average Bonchev–Trinajstić information content (AvgIpc) is 2.33. The molecule has 0 bridgehead atoms. The van der Waals surface area contributed by atoms with E-state index in [0.29, 0.717) is 6.04 Å². The lowest BCUT2D eigenvalue weighted by atomic mass is 9.82. The van der Waals surface area contributed by atoms with Crippen LogP contribution in [0.1, 0.15) is 31.2 Å². The molecule has 17 heavy (non-hydrogen) atoms. The molecule has 94 valence electrons. The zero-order valence-electron chi connectivity index (χ0n) is 10.2. The summed E-state index contributed by atoms with van der Waals surface area (Å²) in [4.78, 5) is 0. The van der Waals surface area contributed by atoms with E-state index in [1.54, 1.807) is 0 Å². The number of rotatable bonds is 3. The summed E-state index contributed by atoms with van der Waals surface area (Å²) >= 11 is 12.1. The van der Waals surface area contributed by atoms with Gasteiger partial charge in [-0.05, 0) is 49.9 Å². The van der Waals surface area contributed by atoms with E-state index >= 15 is 0 Å². The van der Waals surface area contributed by atoms with Crippen molar-refractivity contribution in [2.75, 3.05) is 7.05 Å². The Morgan fingerprint density at radius 1 is 1.29 bits per heavy atom. The molecule has 1 N–H and O–H groups in total. The predicted molar refractivity (Wildman–Crippen MR) is 75.0 cm³/mol. The van der Waals surface area contributed by atoms with Gasteiger partial charge in [-0.3, -0.25) is 0 Å². The monoisotopic (exact) mass is 271 g/mol. The summed E-state index contributed by atoms with van der Waals surface area (Å²) in [6, 6.07) is 6.52. The summed E-state index contributed by atoms with van der Waals surface area (Å²) in [5.74, 6) is 0.750. The van der Waals surface area contributed by atoms with Crippen LogP contribution in [0.15, 0.2) is 18.2 Å². The molecule has 2 rings (SSSR count). The molecular formula is C14H19Cl2N. The maximum atomic E-state index is 6.22. The predicted octanol–water partition coefficient (Wildman–Crippen LogP) is 4.31. The molecule has 0 radical (unpaired) electrons. The molecule has 1 aromatic rings. The number of hydrogen-bond donors (Lipinski definition) is 1. The highest BCUT2D eigenvalue weighted by Crippen LogP contribution is 2.30. The second-order valence-electron chi connectivity index (χ2n) is 4.96. The van der Waals surface area contributed by atoms with Gasteiger partial charge in [0.05, 0.1) is 0 Å². The summed E-state index contributed by atoms with van der Waals surface area (Å²) in [5, 5.41) is 4.92. The first-order valence-electron chi connectivity index (χ1n) is 6.30. The number of halogens is 2. The molecule has 2 unspecified atom stereocenters. The molecular weight excluding hydrogens is 253 g/mol. The summed E-state index contributed by atoms with van der Waals surface area (Å²) in [6.45, 7) is 0. The van der Waals surface area contributed by atoms with Crippen molar-refractivity contribution in [3.8, 4) is 0 Å². The maximum Gasteiger partial charge on any atom is 0.0452 e. The second kappa shape index (κ2) is 6.08. The Labute approximate surface area is 114 Å². The lowest BCUT2D eigenvalue weighted by molar-refractivity contribution is 0.294. The van der Waals surface area contributed by atoms with Crippen molar-refractivity contribution < 1.29 is 0 Å². The van der Waals surface area contributed by atoms with E-state index in [4.69, 9.17) is 23.2 Å². The van der Waals surface area contributed by atoms with Crippen molar-refractivity contribution in [2.45, 2.75) is 38.1 Å². The Hall–Kier alpha value is -0.240. The molecule has 1 aliphatic rings. The van der Waals surface area contributed by atoms with Gasteiger partial charge in [-0.25, -0.2) is 0 Å². The Morgan fingerprint density at radius 2 is 2.12 bits per heavy atom. The fourth-order valence-electron chi connectivity index (χ4n) is 2.74. The molecule has 1 aliphatic carbocycles. The van der Waals surface area contributed by atoms with Crippen LogP contribution in [-0.2, 0) is 6.42 Å². The van der Waals surface area contributed by atoms with E-state index in [9.17, 15) is 0 Å². The van der Waals surface area contributed by atoms with E-state index in [1.807, 2.05) is 12.1 Å². The van der Waals surface area contributed by atoms with E-state index in [2.05, 4.69) is 18.4 Å². The molecule has 0 aromatic heterocycles. The first kappa shape index (κ1) is 13.2. The van der Waals surface area contributed by atoms with Crippen molar-refractivity contribution in [3.63, 3.8) is 0 Å². The molecule has 1 fully saturated rings. The molecule has 2 atom stereocenters. The van der Waals surface area contributed by atoms with Gasteiger partial charge in [0.15, 0.2) is 0 Å². The fourth-order valence-corrected chi connectivity index (χ4v) is 3.22. The van der Waals surface area contributed by atoms with Crippen molar-refractivity contribution in [3.05, 3.63) is 33.8 Å². The third-order valence-corrected chi connectivity index (χ3v) is 4.30. The van der Waals surface area contributed by atoms with Gasteiger partial charge in [0.2, 0.25) is 0 Å². The molecule has 1 aromatic carbocycles. The van der Waals surface area contributed by atoms with Gasteiger partial charge in [0.25, 0.3) is 0 Å². The van der Waals surface area contributed by atoms with Crippen molar-refractivity contribution in [2.24, 2.45) is 5.92 Å². The summed E-state index contributed by atoms with van der Waals surface area (Å²) < 4.78 is 0. The Balaban J connectivity index is 2.00. The zero-order valence-corrected chi connectivity index (χ0v) is 11.7. The van der Waals surface area contributed by atoms with E-state index in [1.165, 1.54) is 31.2 Å². The van der Waals surface area contributed by atoms with Crippen molar-refractivity contribution in [1.29, 1.82) is 0 Å². The minimum atomic E-state index is 0.680. The summed E-state index contributed by atoms with van der Waals surface area (Å²) in [6.07, 6.45) is 6.28. The van der Waals surface area contributed by atoms with E-state index in [-0.39, 0.29) is 0 Å². The van der Waals surface area contributed by atoms with Crippen LogP contribution in [0.2, 0.25) is 10.0 Å². The fraction of sp³-hybridized carbons (Fsp3) is 0.571. The Bertz CT molecular complexity index is 378. The van der Waals surface area contributed by atoms with E-state index < -0.39 is 0 Å². The van der Waals surface area contributed by atoms with Gasteiger partial charge in [-0.2, -0.15) is 0 Å². The third kappa shape index (κ3) is 3.61. The van der Waals surface area contributed by atoms with Gasteiger partial charge < -0.3 is 5.32 Å². The highest BCUT2D eigenvalue weighted by atomic mass is 35.5.